The van der Waals surface area contributed by atoms with Crippen LogP contribution in [0.5, 0.6) is 0 Å². The molecule has 162 valence electrons. The molecule has 0 radical (unpaired) electrons. The first-order valence-corrected chi connectivity index (χ1v) is 12.5. The summed E-state index contributed by atoms with van der Waals surface area (Å²) in [5.74, 6) is 2.74. The van der Waals surface area contributed by atoms with Gasteiger partial charge in [-0.1, -0.05) is 36.8 Å². The Balaban J connectivity index is 1.22. The number of fused-ring (bicyclic) bond motifs is 3. The molecule has 2 aliphatic carbocycles. The van der Waals surface area contributed by atoms with E-state index in [9.17, 15) is 9.59 Å². The lowest BCUT2D eigenvalue weighted by Gasteiger charge is -2.28. The van der Waals surface area contributed by atoms with Crippen molar-refractivity contribution < 1.29 is 9.59 Å². The maximum Gasteiger partial charge on any atom is 0.259 e. The van der Waals surface area contributed by atoms with Crippen molar-refractivity contribution in [2.24, 2.45) is 17.8 Å². The van der Waals surface area contributed by atoms with E-state index in [-0.39, 0.29) is 17.9 Å². The second-order valence-corrected chi connectivity index (χ2v) is 10.3. The van der Waals surface area contributed by atoms with Gasteiger partial charge in [-0.15, -0.1) is 11.8 Å². The molecule has 1 heterocycles. The van der Waals surface area contributed by atoms with Gasteiger partial charge < -0.3 is 10.2 Å². The topological polar surface area (TPSA) is 49.4 Å². The molecule has 4 atom stereocenters. The molecule has 1 aliphatic heterocycles. The summed E-state index contributed by atoms with van der Waals surface area (Å²) in [7, 11) is 0. The fourth-order valence-electron chi connectivity index (χ4n) is 5.92. The molecule has 0 saturated heterocycles. The lowest BCUT2D eigenvalue weighted by atomic mass is 9.84. The van der Waals surface area contributed by atoms with Crippen LogP contribution in [0.15, 0.2) is 53.4 Å². The Hall–Kier alpha value is -2.27. The van der Waals surface area contributed by atoms with E-state index in [1.165, 1.54) is 43.0 Å². The van der Waals surface area contributed by atoms with Crippen molar-refractivity contribution in [3.63, 3.8) is 0 Å². The Morgan fingerprint density at radius 3 is 2.71 bits per heavy atom. The molecular weight excluding hydrogens is 404 g/mol. The molecule has 0 spiro atoms. The van der Waals surface area contributed by atoms with E-state index in [1.54, 1.807) is 0 Å². The molecule has 2 saturated carbocycles. The number of thioether (sulfide) groups is 1. The minimum absolute atomic E-state index is 0.0174. The lowest BCUT2D eigenvalue weighted by molar-refractivity contribution is -0.119. The molecule has 0 aromatic heterocycles. The zero-order valence-corrected chi connectivity index (χ0v) is 18.9. The summed E-state index contributed by atoms with van der Waals surface area (Å²) in [5, 5.41) is 3.24. The van der Waals surface area contributed by atoms with Crippen LogP contribution in [0.25, 0.3) is 0 Å². The Labute approximate surface area is 188 Å². The number of rotatable bonds is 6. The Morgan fingerprint density at radius 2 is 1.90 bits per heavy atom. The van der Waals surface area contributed by atoms with E-state index in [1.807, 2.05) is 47.4 Å². The van der Waals surface area contributed by atoms with Crippen LogP contribution in [-0.2, 0) is 11.2 Å². The summed E-state index contributed by atoms with van der Waals surface area (Å²) in [6.45, 7) is 2.87. The molecule has 2 amide bonds. The number of para-hydroxylation sites is 1. The van der Waals surface area contributed by atoms with E-state index < -0.39 is 0 Å². The monoisotopic (exact) mass is 434 g/mol. The third-order valence-corrected chi connectivity index (χ3v) is 8.51. The van der Waals surface area contributed by atoms with Crippen molar-refractivity contribution in [3.8, 4) is 0 Å². The van der Waals surface area contributed by atoms with Crippen LogP contribution in [0.3, 0.4) is 0 Å². The highest BCUT2D eigenvalue weighted by Gasteiger charge is 2.42. The zero-order valence-electron chi connectivity index (χ0n) is 18.0. The van der Waals surface area contributed by atoms with Crippen LogP contribution in [0.4, 0.5) is 5.69 Å². The molecule has 2 aromatic carbocycles. The molecule has 5 heteroatoms. The highest BCUT2D eigenvalue weighted by atomic mass is 32.2. The largest absolute Gasteiger partial charge is 0.353 e. The van der Waals surface area contributed by atoms with Gasteiger partial charge in [-0.2, -0.15) is 0 Å². The van der Waals surface area contributed by atoms with Crippen molar-refractivity contribution in [2.45, 2.75) is 50.0 Å². The zero-order chi connectivity index (χ0) is 21.4. The molecule has 2 fully saturated rings. The minimum atomic E-state index is 0.0174. The predicted octanol–water partition coefficient (Wildman–Crippen LogP) is 4.92. The first-order valence-electron chi connectivity index (χ1n) is 11.5. The van der Waals surface area contributed by atoms with Gasteiger partial charge in [-0.25, -0.2) is 0 Å². The standard InChI is InChI=1S/C26H30N2O2S/c1-17(22-15-18-10-11-20(22)14-18)27-25(29)16-31-24-9-5-3-7-21(24)26(30)28-13-12-19-6-2-4-8-23(19)28/h2-9,17-18,20,22H,10-16H2,1H3,(H,27,29)/t17-,18-,20-,22-/m0/s1. The Bertz CT molecular complexity index is 991. The van der Waals surface area contributed by atoms with E-state index in [4.69, 9.17) is 0 Å². The number of hydrogen-bond acceptors (Lipinski definition) is 3. The molecule has 1 N–H and O–H groups in total. The average molecular weight is 435 g/mol. The number of nitrogens with one attached hydrogen (secondary N) is 1. The van der Waals surface area contributed by atoms with Gasteiger partial charge in [0.1, 0.15) is 0 Å². The fraction of sp³-hybridized carbons (Fsp3) is 0.462. The molecule has 5 rings (SSSR count). The SMILES string of the molecule is C[C@H](NC(=O)CSc1ccccc1C(=O)N1CCc2ccccc21)[C@@H]1C[C@H]2CC[C@H]1C2. The minimum Gasteiger partial charge on any atom is -0.353 e. The number of anilines is 1. The summed E-state index contributed by atoms with van der Waals surface area (Å²) >= 11 is 1.46. The first-order chi connectivity index (χ1) is 15.1. The highest BCUT2D eigenvalue weighted by Crippen LogP contribution is 2.49. The summed E-state index contributed by atoms with van der Waals surface area (Å²) in [5.41, 5.74) is 2.90. The van der Waals surface area contributed by atoms with Gasteiger partial charge in [-0.05, 0) is 74.1 Å². The molecule has 0 unspecified atom stereocenters. The number of benzene rings is 2. The normalized spacial score (nSPS) is 24.8. The van der Waals surface area contributed by atoms with Gasteiger partial charge in [0, 0.05) is 23.2 Å². The maximum absolute atomic E-state index is 13.3. The molecule has 4 nitrogen and oxygen atoms in total. The number of amides is 2. The van der Waals surface area contributed by atoms with Gasteiger partial charge in [0.25, 0.3) is 5.91 Å². The number of hydrogen-bond donors (Lipinski definition) is 1. The number of carbonyl (C=O) groups excluding carboxylic acids is 2. The average Bonchev–Trinajstić information content (AvgIpc) is 3.53. The van der Waals surface area contributed by atoms with E-state index >= 15 is 0 Å². The van der Waals surface area contributed by atoms with Gasteiger partial charge in [0.2, 0.25) is 5.91 Å². The second kappa shape index (κ2) is 8.70. The van der Waals surface area contributed by atoms with Gasteiger partial charge in [0.05, 0.1) is 11.3 Å². The van der Waals surface area contributed by atoms with Gasteiger partial charge in [0.15, 0.2) is 0 Å². The van der Waals surface area contributed by atoms with Crippen LogP contribution in [-0.4, -0.2) is 30.2 Å². The van der Waals surface area contributed by atoms with Crippen molar-refractivity contribution >= 4 is 29.3 Å². The Morgan fingerprint density at radius 1 is 1.10 bits per heavy atom. The van der Waals surface area contributed by atoms with Crippen molar-refractivity contribution in [2.75, 3.05) is 17.2 Å². The Kier molecular flexibility index (Phi) is 5.79. The van der Waals surface area contributed by atoms with E-state index in [2.05, 4.69) is 18.3 Å². The fourth-order valence-corrected chi connectivity index (χ4v) is 6.77. The van der Waals surface area contributed by atoms with Crippen LogP contribution in [0.2, 0.25) is 0 Å². The van der Waals surface area contributed by atoms with E-state index in [0.717, 1.165) is 28.8 Å². The molecule has 31 heavy (non-hydrogen) atoms. The van der Waals surface area contributed by atoms with Crippen LogP contribution in [0, 0.1) is 17.8 Å². The third kappa shape index (κ3) is 4.12. The predicted molar refractivity (Wildman–Crippen MR) is 126 cm³/mol. The summed E-state index contributed by atoms with van der Waals surface area (Å²) in [6.07, 6.45) is 6.23. The molecular formula is C26H30N2O2S. The summed E-state index contributed by atoms with van der Waals surface area (Å²) < 4.78 is 0. The van der Waals surface area contributed by atoms with Gasteiger partial charge >= 0.3 is 0 Å². The third-order valence-electron chi connectivity index (χ3n) is 7.43. The van der Waals surface area contributed by atoms with Crippen LogP contribution in [0.1, 0.15) is 48.5 Å². The smallest absolute Gasteiger partial charge is 0.259 e. The molecule has 2 aromatic rings. The highest BCUT2D eigenvalue weighted by molar-refractivity contribution is 8.00. The molecule has 2 bridgehead atoms. The lowest BCUT2D eigenvalue weighted by Crippen LogP contribution is -2.40. The van der Waals surface area contributed by atoms with Crippen molar-refractivity contribution in [1.29, 1.82) is 0 Å². The van der Waals surface area contributed by atoms with Crippen molar-refractivity contribution in [3.05, 3.63) is 59.7 Å². The summed E-state index contributed by atoms with van der Waals surface area (Å²) in [6, 6.07) is 16.0. The van der Waals surface area contributed by atoms with Gasteiger partial charge in [-0.3, -0.25) is 9.59 Å². The maximum atomic E-state index is 13.3. The second-order valence-electron chi connectivity index (χ2n) is 9.32. The van der Waals surface area contributed by atoms with Crippen molar-refractivity contribution in [1.82, 2.24) is 5.32 Å². The number of carbonyl (C=O) groups is 2. The molecule has 3 aliphatic rings. The number of nitrogens with zero attached hydrogens (tertiary/aromatic N) is 1. The quantitative estimate of drug-likeness (QED) is 0.657. The summed E-state index contributed by atoms with van der Waals surface area (Å²) in [4.78, 5) is 28.7. The van der Waals surface area contributed by atoms with E-state index in [0.29, 0.717) is 23.8 Å². The first kappa shape index (κ1) is 20.6. The van der Waals surface area contributed by atoms with Crippen LogP contribution >= 0.6 is 11.8 Å². The van der Waals surface area contributed by atoms with Crippen LogP contribution < -0.4 is 10.2 Å².